The number of hydrogen-bond acceptors (Lipinski definition) is 8. The second kappa shape index (κ2) is 12.9. The van der Waals surface area contributed by atoms with Gasteiger partial charge in [0.05, 0.1) is 18.2 Å². The van der Waals surface area contributed by atoms with Gasteiger partial charge in [0, 0.05) is 17.0 Å². The first-order valence-corrected chi connectivity index (χ1v) is 12.8. The number of aliphatic hydroxyl groups is 1. The number of nitrogens with one attached hydrogen (secondary N) is 2. The van der Waals surface area contributed by atoms with Crippen LogP contribution in [0.15, 0.2) is 0 Å². The van der Waals surface area contributed by atoms with E-state index in [-0.39, 0.29) is 29.5 Å². The SMILES string of the molecule is CC(C)C[C@@H](NC(=O)[C@H]1O[C@@H](CNC(=O)[C@H](N)CSSC(C)(C)C)CC[C@@H]1O)C(=O)O. The van der Waals surface area contributed by atoms with Gasteiger partial charge in [-0.3, -0.25) is 9.59 Å². The molecule has 5 atom stereocenters. The van der Waals surface area contributed by atoms with Gasteiger partial charge in [0.2, 0.25) is 5.91 Å². The Morgan fingerprint density at radius 3 is 2.42 bits per heavy atom. The lowest BCUT2D eigenvalue weighted by molar-refractivity contribution is -0.160. The highest BCUT2D eigenvalue weighted by Gasteiger charge is 2.37. The summed E-state index contributed by atoms with van der Waals surface area (Å²) in [6.07, 6.45) is -1.65. The average Bonchev–Trinajstić information content (AvgIpc) is 2.64. The Kier molecular flexibility index (Phi) is 11.6. The highest BCUT2D eigenvalue weighted by molar-refractivity contribution is 8.77. The van der Waals surface area contributed by atoms with Crippen LogP contribution in [0.3, 0.4) is 0 Å². The van der Waals surface area contributed by atoms with Crippen LogP contribution >= 0.6 is 21.6 Å². The van der Waals surface area contributed by atoms with E-state index in [1.165, 1.54) is 0 Å². The molecule has 0 spiro atoms. The number of carbonyl (C=O) groups excluding carboxylic acids is 2. The van der Waals surface area contributed by atoms with Crippen LogP contribution in [0.4, 0.5) is 0 Å². The lowest BCUT2D eigenvalue weighted by atomic mass is 9.99. The van der Waals surface area contributed by atoms with E-state index < -0.39 is 42.3 Å². The van der Waals surface area contributed by atoms with Crippen LogP contribution in [-0.4, -0.2) is 75.4 Å². The van der Waals surface area contributed by atoms with Gasteiger partial charge in [-0.2, -0.15) is 0 Å². The van der Waals surface area contributed by atoms with Crippen LogP contribution in [0.25, 0.3) is 0 Å². The fourth-order valence-corrected chi connectivity index (χ4v) is 5.34. The molecule has 0 aromatic carbocycles. The van der Waals surface area contributed by atoms with Gasteiger partial charge in [0.15, 0.2) is 6.10 Å². The molecular weight excluding hydrogens is 442 g/mol. The number of carboxylic acid groups (broad SMARTS) is 1. The van der Waals surface area contributed by atoms with Crippen molar-refractivity contribution in [2.24, 2.45) is 11.7 Å². The van der Waals surface area contributed by atoms with Gasteiger partial charge in [-0.15, -0.1) is 0 Å². The van der Waals surface area contributed by atoms with Crippen LogP contribution in [0.1, 0.15) is 53.9 Å². The first-order chi connectivity index (χ1) is 14.3. The minimum absolute atomic E-state index is 0.0715. The van der Waals surface area contributed by atoms with Crippen molar-refractivity contribution in [3.63, 3.8) is 0 Å². The number of aliphatic carboxylic acids is 1. The maximum atomic E-state index is 12.5. The summed E-state index contributed by atoms with van der Waals surface area (Å²) in [7, 11) is 3.20. The summed E-state index contributed by atoms with van der Waals surface area (Å²) in [5, 5.41) is 24.7. The van der Waals surface area contributed by atoms with Gasteiger partial charge >= 0.3 is 5.97 Å². The van der Waals surface area contributed by atoms with Crippen LogP contribution in [0.5, 0.6) is 0 Å². The van der Waals surface area contributed by atoms with Crippen molar-refractivity contribution in [3.8, 4) is 0 Å². The lowest BCUT2D eigenvalue weighted by Crippen LogP contribution is -2.55. The van der Waals surface area contributed by atoms with Crippen LogP contribution in [0.2, 0.25) is 0 Å². The van der Waals surface area contributed by atoms with Gasteiger partial charge in [-0.25, -0.2) is 4.79 Å². The largest absolute Gasteiger partial charge is 0.480 e. The highest BCUT2D eigenvalue weighted by atomic mass is 33.1. The molecule has 1 aliphatic heterocycles. The van der Waals surface area contributed by atoms with E-state index in [4.69, 9.17) is 10.5 Å². The summed E-state index contributed by atoms with van der Waals surface area (Å²) >= 11 is 0. The molecule has 0 saturated carbocycles. The first kappa shape index (κ1) is 28.0. The summed E-state index contributed by atoms with van der Waals surface area (Å²) in [6.45, 7) is 10.1. The highest BCUT2D eigenvalue weighted by Crippen LogP contribution is 2.35. The summed E-state index contributed by atoms with van der Waals surface area (Å²) in [5.74, 6) is -1.56. The number of amides is 2. The van der Waals surface area contributed by atoms with E-state index in [9.17, 15) is 24.6 Å². The molecule has 1 aliphatic rings. The minimum atomic E-state index is -1.18. The number of aliphatic hydroxyl groups excluding tert-OH is 1. The van der Waals surface area contributed by atoms with E-state index in [0.717, 1.165) is 0 Å². The quantitative estimate of drug-likeness (QED) is 0.275. The maximum absolute atomic E-state index is 12.5. The number of carboxylic acids is 1. The van der Waals surface area contributed by atoms with Crippen molar-refractivity contribution in [2.75, 3.05) is 12.3 Å². The van der Waals surface area contributed by atoms with E-state index in [2.05, 4.69) is 31.4 Å². The molecule has 0 radical (unpaired) electrons. The second-order valence-electron chi connectivity index (χ2n) is 9.18. The predicted molar refractivity (Wildman–Crippen MR) is 124 cm³/mol. The van der Waals surface area contributed by atoms with Crippen molar-refractivity contribution in [3.05, 3.63) is 0 Å². The molecule has 1 saturated heterocycles. The Morgan fingerprint density at radius 1 is 1.23 bits per heavy atom. The molecular formula is C20H37N3O6S2. The van der Waals surface area contributed by atoms with Crippen molar-refractivity contribution in [1.29, 1.82) is 0 Å². The van der Waals surface area contributed by atoms with Gasteiger partial charge in [0.1, 0.15) is 6.04 Å². The molecule has 11 heteroatoms. The molecule has 1 fully saturated rings. The molecule has 180 valence electrons. The molecule has 9 nitrogen and oxygen atoms in total. The smallest absolute Gasteiger partial charge is 0.326 e. The Hall–Kier alpha value is -1.01. The fraction of sp³-hybridized carbons (Fsp3) is 0.850. The van der Waals surface area contributed by atoms with Gasteiger partial charge in [0.25, 0.3) is 5.91 Å². The summed E-state index contributed by atoms with van der Waals surface area (Å²) in [4.78, 5) is 36.1. The van der Waals surface area contributed by atoms with E-state index in [0.29, 0.717) is 18.6 Å². The van der Waals surface area contributed by atoms with Crippen molar-refractivity contribution < 1.29 is 29.3 Å². The first-order valence-electron chi connectivity index (χ1n) is 10.5. The standard InChI is InChI=1S/C20H37N3O6S2/c1-11(2)8-14(19(27)28)23-18(26)16-15(24)7-6-12(29-16)9-22-17(25)13(21)10-30-31-20(3,4)5/h11-16,24H,6-10,21H2,1-5H3,(H,22,25)(H,23,26)(H,27,28)/t12-,13-,14-,15+,16+/m1/s1. The van der Waals surface area contributed by atoms with Crippen LogP contribution in [0, 0.1) is 5.92 Å². The van der Waals surface area contributed by atoms with Crippen molar-refractivity contribution >= 4 is 39.4 Å². The number of rotatable bonds is 11. The molecule has 31 heavy (non-hydrogen) atoms. The van der Waals surface area contributed by atoms with Crippen LogP contribution in [-0.2, 0) is 19.1 Å². The summed E-state index contributed by atoms with van der Waals surface area (Å²) in [6, 6.07) is -1.72. The fourth-order valence-electron chi connectivity index (χ4n) is 2.91. The third kappa shape index (κ3) is 10.9. The van der Waals surface area contributed by atoms with E-state index in [1.807, 2.05) is 13.8 Å². The molecule has 1 rings (SSSR count). The van der Waals surface area contributed by atoms with Gasteiger partial charge < -0.3 is 31.3 Å². The Morgan fingerprint density at radius 2 is 1.87 bits per heavy atom. The zero-order valence-corrected chi connectivity index (χ0v) is 20.6. The second-order valence-corrected chi connectivity index (χ2v) is 12.4. The Bertz CT molecular complexity index is 614. The molecule has 0 unspecified atom stereocenters. The van der Waals surface area contributed by atoms with Crippen LogP contribution < -0.4 is 16.4 Å². The van der Waals surface area contributed by atoms with E-state index in [1.54, 1.807) is 21.6 Å². The normalized spacial score (nSPS) is 23.8. The summed E-state index contributed by atoms with van der Waals surface area (Å²) in [5.41, 5.74) is 5.94. The number of carbonyl (C=O) groups is 3. The monoisotopic (exact) mass is 479 g/mol. The third-order valence-corrected chi connectivity index (χ3v) is 7.83. The average molecular weight is 480 g/mol. The third-order valence-electron chi connectivity index (χ3n) is 4.45. The van der Waals surface area contributed by atoms with E-state index >= 15 is 0 Å². The lowest BCUT2D eigenvalue weighted by Gasteiger charge is -2.34. The molecule has 1 heterocycles. The predicted octanol–water partition coefficient (Wildman–Crippen LogP) is 1.13. The topological polar surface area (TPSA) is 151 Å². The summed E-state index contributed by atoms with van der Waals surface area (Å²) < 4.78 is 5.75. The molecule has 0 aromatic rings. The maximum Gasteiger partial charge on any atom is 0.326 e. The number of nitrogens with two attached hydrogens (primary N) is 1. The van der Waals surface area contributed by atoms with Gasteiger partial charge in [-0.05, 0) is 25.2 Å². The Balaban J connectivity index is 2.53. The molecule has 6 N–H and O–H groups in total. The zero-order valence-electron chi connectivity index (χ0n) is 18.9. The zero-order chi connectivity index (χ0) is 23.8. The van der Waals surface area contributed by atoms with Gasteiger partial charge in [-0.1, -0.05) is 56.2 Å². The molecule has 2 amide bonds. The molecule has 0 bridgehead atoms. The van der Waals surface area contributed by atoms with Crippen molar-refractivity contribution in [2.45, 2.75) is 89.0 Å². The number of hydrogen-bond donors (Lipinski definition) is 5. The number of ether oxygens (including phenoxy) is 1. The Labute approximate surface area is 192 Å². The van der Waals surface area contributed by atoms with Crippen molar-refractivity contribution in [1.82, 2.24) is 10.6 Å². The molecule has 0 aromatic heterocycles. The minimum Gasteiger partial charge on any atom is -0.480 e. The molecule has 0 aliphatic carbocycles.